The highest BCUT2D eigenvalue weighted by Crippen LogP contribution is 2.33. The van der Waals surface area contributed by atoms with Gasteiger partial charge in [-0.3, -0.25) is 4.79 Å². The number of amides is 1. The van der Waals surface area contributed by atoms with E-state index >= 15 is 0 Å². The smallest absolute Gasteiger partial charge is 0.262 e. The molecule has 0 bridgehead atoms. The SMILES string of the molecule is COCc1c(C(=O)NCC2=CCNCC2)sc2cccc(F)c12. The highest BCUT2D eigenvalue weighted by Gasteiger charge is 2.20. The summed E-state index contributed by atoms with van der Waals surface area (Å²) in [6.45, 7) is 2.53. The third kappa shape index (κ3) is 3.44. The van der Waals surface area contributed by atoms with Crippen LogP contribution < -0.4 is 10.6 Å². The Bertz CT molecular complexity index is 754. The van der Waals surface area contributed by atoms with Gasteiger partial charge >= 0.3 is 0 Å². The third-order valence-electron chi connectivity index (χ3n) is 3.89. The lowest BCUT2D eigenvalue weighted by Gasteiger charge is -2.14. The molecular weight excluding hydrogens is 315 g/mol. The number of thiophene rings is 1. The molecule has 1 aromatic heterocycles. The second-order valence-electron chi connectivity index (χ2n) is 5.45. The molecular formula is C17H19FN2O2S. The Morgan fingerprint density at radius 2 is 2.35 bits per heavy atom. The van der Waals surface area contributed by atoms with Gasteiger partial charge in [0.05, 0.1) is 11.5 Å². The zero-order valence-electron chi connectivity index (χ0n) is 12.9. The van der Waals surface area contributed by atoms with Crippen molar-refractivity contribution < 1.29 is 13.9 Å². The Labute approximate surface area is 138 Å². The average molecular weight is 334 g/mol. The van der Waals surface area contributed by atoms with Crippen LogP contribution in [0, 0.1) is 5.82 Å². The van der Waals surface area contributed by atoms with E-state index in [0.717, 1.165) is 24.2 Å². The fraction of sp³-hybridized carbons (Fsp3) is 0.353. The van der Waals surface area contributed by atoms with Gasteiger partial charge in [-0.1, -0.05) is 17.7 Å². The summed E-state index contributed by atoms with van der Waals surface area (Å²) in [6, 6.07) is 4.90. The minimum Gasteiger partial charge on any atom is -0.380 e. The predicted octanol–water partition coefficient (Wildman–Crippen LogP) is 2.84. The van der Waals surface area contributed by atoms with Crippen molar-refractivity contribution >= 4 is 27.3 Å². The Kier molecular flexibility index (Phi) is 5.05. The molecule has 1 aliphatic rings. The molecule has 0 aliphatic carbocycles. The lowest BCUT2D eigenvalue weighted by atomic mass is 10.1. The highest BCUT2D eigenvalue weighted by atomic mass is 32.1. The predicted molar refractivity (Wildman–Crippen MR) is 90.4 cm³/mol. The first-order valence-electron chi connectivity index (χ1n) is 7.56. The van der Waals surface area contributed by atoms with E-state index in [9.17, 15) is 9.18 Å². The van der Waals surface area contributed by atoms with Gasteiger partial charge in [-0.15, -0.1) is 11.3 Å². The van der Waals surface area contributed by atoms with Crippen LogP contribution in [-0.2, 0) is 11.3 Å². The number of halogens is 1. The molecule has 0 radical (unpaired) electrons. The molecule has 0 atom stereocenters. The van der Waals surface area contributed by atoms with Crippen LogP contribution in [0.1, 0.15) is 21.7 Å². The van der Waals surface area contributed by atoms with Crippen LogP contribution in [0.15, 0.2) is 29.8 Å². The van der Waals surface area contributed by atoms with Gasteiger partial charge in [0.2, 0.25) is 0 Å². The molecule has 0 unspecified atom stereocenters. The van der Waals surface area contributed by atoms with Gasteiger partial charge in [-0.2, -0.15) is 0 Å². The zero-order valence-corrected chi connectivity index (χ0v) is 13.8. The van der Waals surface area contributed by atoms with Crippen molar-refractivity contribution in [3.63, 3.8) is 0 Å². The molecule has 2 N–H and O–H groups in total. The number of rotatable bonds is 5. The summed E-state index contributed by atoms with van der Waals surface area (Å²) >= 11 is 1.31. The molecule has 2 heterocycles. The quantitative estimate of drug-likeness (QED) is 0.827. The lowest BCUT2D eigenvalue weighted by Crippen LogP contribution is -2.29. The van der Waals surface area contributed by atoms with Crippen molar-refractivity contribution in [2.75, 3.05) is 26.7 Å². The summed E-state index contributed by atoms with van der Waals surface area (Å²) in [6.07, 6.45) is 3.04. The summed E-state index contributed by atoms with van der Waals surface area (Å²) in [5.74, 6) is -0.483. The largest absolute Gasteiger partial charge is 0.380 e. The number of carbonyl (C=O) groups is 1. The Morgan fingerprint density at radius 1 is 1.48 bits per heavy atom. The normalized spacial score (nSPS) is 14.8. The molecule has 0 spiro atoms. The summed E-state index contributed by atoms with van der Waals surface area (Å²) in [7, 11) is 1.55. The number of fused-ring (bicyclic) bond motifs is 1. The van der Waals surface area contributed by atoms with E-state index in [0.29, 0.717) is 22.4 Å². The number of ether oxygens (including phenoxy) is 1. The van der Waals surface area contributed by atoms with E-state index < -0.39 is 0 Å². The maximum absolute atomic E-state index is 14.1. The molecule has 122 valence electrons. The number of methoxy groups -OCH3 is 1. The third-order valence-corrected chi connectivity index (χ3v) is 5.09. The van der Waals surface area contributed by atoms with Crippen LogP contribution in [0.25, 0.3) is 10.1 Å². The Hall–Kier alpha value is -1.76. The first-order valence-corrected chi connectivity index (χ1v) is 8.38. The van der Waals surface area contributed by atoms with Crippen molar-refractivity contribution in [2.24, 2.45) is 0 Å². The zero-order chi connectivity index (χ0) is 16.2. The standard InChI is InChI=1S/C17H19FN2O2S/c1-22-10-12-15-13(18)3-2-4-14(15)23-16(12)17(21)20-9-11-5-7-19-8-6-11/h2-5,19H,6-10H2,1H3,(H,20,21). The van der Waals surface area contributed by atoms with Crippen molar-refractivity contribution in [3.8, 4) is 0 Å². The first-order chi connectivity index (χ1) is 11.2. The number of carbonyl (C=O) groups excluding carboxylic acids is 1. The fourth-order valence-corrected chi connectivity index (χ4v) is 3.88. The lowest BCUT2D eigenvalue weighted by molar-refractivity contribution is 0.0956. The monoisotopic (exact) mass is 334 g/mol. The first kappa shape index (κ1) is 16.1. The average Bonchev–Trinajstić information content (AvgIpc) is 2.94. The minimum atomic E-state index is -0.314. The van der Waals surface area contributed by atoms with E-state index in [4.69, 9.17) is 4.74 Å². The summed E-state index contributed by atoms with van der Waals surface area (Å²) in [5.41, 5.74) is 1.85. The van der Waals surface area contributed by atoms with E-state index in [1.165, 1.54) is 23.0 Å². The number of nitrogens with one attached hydrogen (secondary N) is 2. The van der Waals surface area contributed by atoms with Crippen LogP contribution >= 0.6 is 11.3 Å². The Morgan fingerprint density at radius 3 is 3.09 bits per heavy atom. The van der Waals surface area contributed by atoms with E-state index in [2.05, 4.69) is 16.7 Å². The van der Waals surface area contributed by atoms with Gasteiger partial charge in [-0.05, 0) is 25.1 Å². The minimum absolute atomic E-state index is 0.169. The molecule has 1 aromatic carbocycles. The van der Waals surface area contributed by atoms with Crippen LogP contribution in [0.2, 0.25) is 0 Å². The van der Waals surface area contributed by atoms with E-state index in [-0.39, 0.29) is 18.3 Å². The second kappa shape index (κ2) is 7.21. The number of hydrogen-bond acceptors (Lipinski definition) is 4. The molecule has 1 amide bonds. The van der Waals surface area contributed by atoms with Gasteiger partial charge in [0.1, 0.15) is 5.82 Å². The highest BCUT2D eigenvalue weighted by molar-refractivity contribution is 7.21. The van der Waals surface area contributed by atoms with Crippen molar-refractivity contribution in [2.45, 2.75) is 13.0 Å². The molecule has 6 heteroatoms. The van der Waals surface area contributed by atoms with E-state index in [1.807, 2.05) is 6.07 Å². The number of benzene rings is 1. The van der Waals surface area contributed by atoms with E-state index in [1.54, 1.807) is 13.2 Å². The molecule has 1 aliphatic heterocycles. The number of hydrogen-bond donors (Lipinski definition) is 2. The molecule has 2 aromatic rings. The fourth-order valence-electron chi connectivity index (χ4n) is 2.74. The molecule has 3 rings (SSSR count). The van der Waals surface area contributed by atoms with Crippen molar-refractivity contribution in [1.82, 2.24) is 10.6 Å². The van der Waals surface area contributed by atoms with Crippen molar-refractivity contribution in [3.05, 3.63) is 46.1 Å². The van der Waals surface area contributed by atoms with Crippen LogP contribution in [0.5, 0.6) is 0 Å². The Balaban J connectivity index is 1.85. The molecule has 4 nitrogen and oxygen atoms in total. The summed E-state index contributed by atoms with van der Waals surface area (Å²) in [5, 5.41) is 6.68. The molecule has 0 saturated carbocycles. The second-order valence-corrected chi connectivity index (χ2v) is 6.51. The van der Waals surface area contributed by atoms with Gasteiger partial charge in [-0.25, -0.2) is 4.39 Å². The topological polar surface area (TPSA) is 50.4 Å². The van der Waals surface area contributed by atoms with Crippen LogP contribution in [0.4, 0.5) is 4.39 Å². The van der Waals surface area contributed by atoms with Crippen molar-refractivity contribution in [1.29, 1.82) is 0 Å². The maximum atomic E-state index is 14.1. The molecule has 0 saturated heterocycles. The maximum Gasteiger partial charge on any atom is 0.262 e. The van der Waals surface area contributed by atoms with Gasteiger partial charge in [0, 0.05) is 35.8 Å². The summed E-state index contributed by atoms with van der Waals surface area (Å²) in [4.78, 5) is 13.1. The van der Waals surface area contributed by atoms with Gasteiger partial charge in [0.15, 0.2) is 0 Å². The summed E-state index contributed by atoms with van der Waals surface area (Å²) < 4.78 is 20.1. The van der Waals surface area contributed by atoms with Crippen LogP contribution in [0.3, 0.4) is 0 Å². The van der Waals surface area contributed by atoms with Gasteiger partial charge in [0.25, 0.3) is 5.91 Å². The molecule has 0 fully saturated rings. The van der Waals surface area contributed by atoms with Gasteiger partial charge < -0.3 is 15.4 Å². The molecule has 23 heavy (non-hydrogen) atoms. The van der Waals surface area contributed by atoms with Crippen LogP contribution in [-0.4, -0.2) is 32.7 Å².